The second-order valence-electron chi connectivity index (χ2n) is 12.3. The van der Waals surface area contributed by atoms with E-state index in [-0.39, 0.29) is 59.7 Å². The molecule has 0 amide bonds. The first-order chi connectivity index (χ1) is 16.0. The zero-order chi connectivity index (χ0) is 24.5. The molecule has 1 N–H and O–H groups in total. The van der Waals surface area contributed by atoms with E-state index in [0.29, 0.717) is 6.42 Å². The van der Waals surface area contributed by atoms with Crippen LogP contribution in [0.2, 0.25) is 0 Å². The molecule has 34 heavy (non-hydrogen) atoms. The second kappa shape index (κ2) is 8.36. The van der Waals surface area contributed by atoms with Crippen molar-refractivity contribution in [3.63, 3.8) is 0 Å². The second-order valence-corrected chi connectivity index (χ2v) is 12.3. The number of carbonyl (C=O) groups excluding carboxylic acids is 2. The highest BCUT2D eigenvalue weighted by Gasteiger charge is 2.70. The molecule has 1 saturated heterocycles. The van der Waals surface area contributed by atoms with Crippen molar-refractivity contribution in [2.45, 2.75) is 103 Å². The SMILES string of the molecule is CCC[C@@H]1O[C@@H]2C[C@@H]3C(C[C@H](O)[C@H]4[C@H]3CCC3=CC(=O)C=C[C@@]34C)[C@]2(C(=O)COC(C)(C)C)O1. The van der Waals surface area contributed by atoms with Crippen molar-refractivity contribution in [3.05, 3.63) is 23.8 Å². The molecule has 1 heterocycles. The molecule has 0 aromatic rings. The Morgan fingerprint density at radius 1 is 1.26 bits per heavy atom. The first-order valence-corrected chi connectivity index (χ1v) is 13.1. The van der Waals surface area contributed by atoms with Gasteiger partial charge in [0.25, 0.3) is 0 Å². The van der Waals surface area contributed by atoms with Crippen LogP contribution in [0.1, 0.15) is 73.1 Å². The Balaban J connectivity index is 1.47. The van der Waals surface area contributed by atoms with Crippen LogP contribution >= 0.6 is 0 Å². The predicted octanol–water partition coefficient (Wildman–Crippen LogP) is 4.15. The van der Waals surface area contributed by atoms with Gasteiger partial charge in [-0.25, -0.2) is 0 Å². The molecule has 188 valence electrons. The van der Waals surface area contributed by atoms with Crippen molar-refractivity contribution >= 4 is 11.6 Å². The number of aliphatic hydroxyl groups is 1. The molecule has 5 rings (SSSR count). The van der Waals surface area contributed by atoms with E-state index in [1.54, 1.807) is 12.2 Å². The van der Waals surface area contributed by atoms with Gasteiger partial charge in [-0.05, 0) is 76.9 Å². The van der Waals surface area contributed by atoms with Gasteiger partial charge in [0.15, 0.2) is 23.5 Å². The van der Waals surface area contributed by atoms with Crippen LogP contribution in [0.5, 0.6) is 0 Å². The number of ketones is 2. The summed E-state index contributed by atoms with van der Waals surface area (Å²) in [5.41, 5.74) is -0.656. The Kier molecular flexibility index (Phi) is 5.99. The van der Waals surface area contributed by atoms with E-state index in [1.165, 1.54) is 0 Å². The van der Waals surface area contributed by atoms with E-state index in [0.717, 1.165) is 37.7 Å². The van der Waals surface area contributed by atoms with E-state index in [9.17, 15) is 14.7 Å². The van der Waals surface area contributed by atoms with Crippen LogP contribution in [0.3, 0.4) is 0 Å². The number of carbonyl (C=O) groups is 2. The van der Waals surface area contributed by atoms with Crippen molar-refractivity contribution < 1.29 is 28.9 Å². The monoisotopic (exact) mass is 472 g/mol. The zero-order valence-corrected chi connectivity index (χ0v) is 21.2. The summed E-state index contributed by atoms with van der Waals surface area (Å²) in [6.07, 6.45) is 8.92. The molecule has 0 aromatic carbocycles. The van der Waals surface area contributed by atoms with Crippen LogP contribution in [0.15, 0.2) is 23.8 Å². The summed E-state index contributed by atoms with van der Waals surface area (Å²) >= 11 is 0. The van der Waals surface area contributed by atoms with Crippen LogP contribution in [0.25, 0.3) is 0 Å². The quantitative estimate of drug-likeness (QED) is 0.647. The van der Waals surface area contributed by atoms with Crippen LogP contribution in [0, 0.1) is 29.1 Å². The van der Waals surface area contributed by atoms with Gasteiger partial charge in [0.2, 0.25) is 0 Å². The van der Waals surface area contributed by atoms with Crippen LogP contribution in [-0.4, -0.2) is 53.0 Å². The van der Waals surface area contributed by atoms with Crippen LogP contribution < -0.4 is 0 Å². The summed E-state index contributed by atoms with van der Waals surface area (Å²) < 4.78 is 18.9. The minimum Gasteiger partial charge on any atom is -0.393 e. The molecule has 0 spiro atoms. The molecule has 1 aliphatic heterocycles. The summed E-state index contributed by atoms with van der Waals surface area (Å²) in [5, 5.41) is 11.6. The first kappa shape index (κ1) is 24.4. The van der Waals surface area contributed by atoms with Gasteiger partial charge in [-0.1, -0.05) is 31.9 Å². The summed E-state index contributed by atoms with van der Waals surface area (Å²) in [7, 11) is 0. The van der Waals surface area contributed by atoms with E-state index < -0.39 is 17.3 Å². The van der Waals surface area contributed by atoms with Gasteiger partial charge < -0.3 is 19.3 Å². The fourth-order valence-electron chi connectivity index (χ4n) is 7.85. The summed E-state index contributed by atoms with van der Waals surface area (Å²) in [4.78, 5) is 25.9. The smallest absolute Gasteiger partial charge is 0.193 e. The average Bonchev–Trinajstić information content (AvgIpc) is 3.26. The molecular formula is C28H40O6. The number of Topliss-reactive ketones (excluding diaryl/α,β-unsaturated/α-hetero) is 1. The van der Waals surface area contributed by atoms with Crippen LogP contribution in [-0.2, 0) is 23.8 Å². The fourth-order valence-corrected chi connectivity index (χ4v) is 7.85. The molecule has 4 aliphatic carbocycles. The molecule has 9 atom stereocenters. The maximum Gasteiger partial charge on any atom is 0.193 e. The van der Waals surface area contributed by atoms with E-state index in [1.807, 2.05) is 26.8 Å². The molecule has 6 heteroatoms. The number of fused-ring (bicyclic) bond motifs is 7. The van der Waals surface area contributed by atoms with Gasteiger partial charge in [0, 0.05) is 17.3 Å². The lowest BCUT2D eigenvalue weighted by molar-refractivity contribution is -0.177. The number of rotatable bonds is 5. The van der Waals surface area contributed by atoms with E-state index in [4.69, 9.17) is 14.2 Å². The number of aliphatic hydroxyl groups excluding tert-OH is 1. The molecule has 1 unspecified atom stereocenters. The van der Waals surface area contributed by atoms with Crippen molar-refractivity contribution in [1.29, 1.82) is 0 Å². The molecule has 0 radical (unpaired) electrons. The third kappa shape index (κ3) is 3.68. The van der Waals surface area contributed by atoms with Gasteiger partial charge in [0.1, 0.15) is 6.61 Å². The highest BCUT2D eigenvalue weighted by Crippen LogP contribution is 2.64. The molecule has 0 aromatic heterocycles. The number of hydrogen-bond acceptors (Lipinski definition) is 6. The van der Waals surface area contributed by atoms with Gasteiger partial charge in [0.05, 0.1) is 17.8 Å². The van der Waals surface area contributed by atoms with Gasteiger partial charge in [-0.15, -0.1) is 0 Å². The summed E-state index contributed by atoms with van der Waals surface area (Å²) in [5.74, 6) is 0.427. The maximum atomic E-state index is 13.8. The number of hydrogen-bond donors (Lipinski definition) is 1. The minimum absolute atomic E-state index is 0.00886. The first-order valence-electron chi connectivity index (χ1n) is 13.1. The normalized spacial score (nSPS) is 45.3. The number of allylic oxidation sites excluding steroid dienone is 4. The Morgan fingerprint density at radius 2 is 2.03 bits per heavy atom. The van der Waals surface area contributed by atoms with Crippen LogP contribution in [0.4, 0.5) is 0 Å². The standard InChI is InChI=1S/C28H40O6/c1-6-7-24-33-23-13-19-18-9-8-16-12-17(29)10-11-27(16,5)25(18)21(30)14-20(19)28(23,34-24)22(31)15-32-26(2,3)4/h10-12,18-21,23-25,30H,6-9,13-15H2,1-5H3/t18-,19-,20?,21-,23+,24+,25+,27-,28+/m0/s1. The topological polar surface area (TPSA) is 82.1 Å². The fraction of sp³-hybridized carbons (Fsp3) is 0.786. The third-order valence-electron chi connectivity index (χ3n) is 9.23. The van der Waals surface area contributed by atoms with Gasteiger partial charge in [-0.3, -0.25) is 9.59 Å². The van der Waals surface area contributed by atoms with Crippen molar-refractivity contribution in [2.75, 3.05) is 6.61 Å². The molecule has 5 aliphatic rings. The molecular weight excluding hydrogens is 432 g/mol. The largest absolute Gasteiger partial charge is 0.393 e. The number of ether oxygens (including phenoxy) is 3. The lowest BCUT2D eigenvalue weighted by atomic mass is 9.49. The van der Waals surface area contributed by atoms with E-state index in [2.05, 4.69) is 13.8 Å². The Morgan fingerprint density at radius 3 is 2.74 bits per heavy atom. The highest BCUT2D eigenvalue weighted by molar-refractivity contribution is 6.01. The van der Waals surface area contributed by atoms with Crippen molar-refractivity contribution in [1.82, 2.24) is 0 Å². The zero-order valence-electron chi connectivity index (χ0n) is 21.2. The Labute approximate surface area is 203 Å². The third-order valence-corrected chi connectivity index (χ3v) is 9.23. The molecule has 0 bridgehead atoms. The van der Waals surface area contributed by atoms with Crippen molar-refractivity contribution in [2.24, 2.45) is 29.1 Å². The predicted molar refractivity (Wildman–Crippen MR) is 127 cm³/mol. The molecule has 6 nitrogen and oxygen atoms in total. The van der Waals surface area contributed by atoms with Crippen molar-refractivity contribution in [3.8, 4) is 0 Å². The van der Waals surface area contributed by atoms with Gasteiger partial charge in [-0.2, -0.15) is 0 Å². The highest BCUT2D eigenvalue weighted by atomic mass is 16.7. The molecule has 3 saturated carbocycles. The maximum absolute atomic E-state index is 13.8. The lowest BCUT2D eigenvalue weighted by Gasteiger charge is -2.56. The minimum atomic E-state index is -1.04. The van der Waals surface area contributed by atoms with Gasteiger partial charge >= 0.3 is 0 Å². The van der Waals surface area contributed by atoms with E-state index >= 15 is 0 Å². The average molecular weight is 473 g/mol. The Bertz CT molecular complexity index is 914. The summed E-state index contributed by atoms with van der Waals surface area (Å²) in [6, 6.07) is 0. The summed E-state index contributed by atoms with van der Waals surface area (Å²) in [6.45, 7) is 10.1. The lowest BCUT2D eigenvalue weighted by Crippen LogP contribution is -2.58. The molecule has 4 fully saturated rings. The Hall–Kier alpha value is -1.34.